The minimum Gasteiger partial charge on any atom is -0.325 e. The molecule has 5 nitrogen and oxygen atoms in total. The molecule has 0 unspecified atom stereocenters. The number of thioether (sulfide) groups is 1. The summed E-state index contributed by atoms with van der Waals surface area (Å²) in [5.41, 5.74) is 8.92. The maximum absolute atomic E-state index is 11.3. The van der Waals surface area contributed by atoms with Crippen molar-refractivity contribution in [3.05, 3.63) is 29.6 Å². The summed E-state index contributed by atoms with van der Waals surface area (Å²) in [5.74, 6) is 6.24. The number of carbonyl (C=O) groups excluding carboxylic acids is 1. The van der Waals surface area contributed by atoms with Crippen molar-refractivity contribution in [3.63, 3.8) is 0 Å². The molecule has 0 aliphatic heterocycles. The van der Waals surface area contributed by atoms with Crippen molar-refractivity contribution < 1.29 is 4.79 Å². The number of carbonyl (C=O) groups is 1. The molecule has 0 spiro atoms. The number of nitrogens with zero attached hydrogens (tertiary/aromatic N) is 1. The van der Waals surface area contributed by atoms with Gasteiger partial charge in [0.05, 0.1) is 5.69 Å². The predicted molar refractivity (Wildman–Crippen MR) is 70.3 cm³/mol. The summed E-state index contributed by atoms with van der Waals surface area (Å²) in [6.45, 7) is 3.96. The standard InChI is InChI=1S/C11H18N4OS/c1-11(2,12)7-17-6-8-4-3-5-9(14-8)10(16)15-13/h3-5H,6-7,12-13H2,1-2H3,(H,15,16). The van der Waals surface area contributed by atoms with Gasteiger partial charge in [0.1, 0.15) is 5.69 Å². The molecule has 1 heterocycles. The quantitative estimate of drug-likeness (QED) is 0.407. The fourth-order valence-electron chi connectivity index (χ4n) is 1.18. The molecule has 1 amide bonds. The van der Waals surface area contributed by atoms with Crippen LogP contribution in [-0.4, -0.2) is 22.2 Å². The molecule has 5 N–H and O–H groups in total. The van der Waals surface area contributed by atoms with E-state index in [1.807, 2.05) is 19.9 Å². The lowest BCUT2D eigenvalue weighted by atomic mass is 10.1. The van der Waals surface area contributed by atoms with Crippen molar-refractivity contribution in [2.75, 3.05) is 5.75 Å². The normalized spacial score (nSPS) is 11.3. The number of amides is 1. The average Bonchev–Trinajstić information content (AvgIpc) is 2.27. The lowest BCUT2D eigenvalue weighted by Crippen LogP contribution is -2.34. The zero-order valence-electron chi connectivity index (χ0n) is 10.1. The van der Waals surface area contributed by atoms with Gasteiger partial charge in [-0.05, 0) is 26.0 Å². The van der Waals surface area contributed by atoms with Crippen molar-refractivity contribution in [2.45, 2.75) is 25.1 Å². The number of hydrazine groups is 1. The molecule has 0 aromatic carbocycles. The first kappa shape index (κ1) is 14.0. The van der Waals surface area contributed by atoms with Gasteiger partial charge < -0.3 is 5.73 Å². The highest BCUT2D eigenvalue weighted by Crippen LogP contribution is 2.15. The molecule has 0 aliphatic carbocycles. The maximum Gasteiger partial charge on any atom is 0.283 e. The molecule has 1 rings (SSSR count). The third kappa shape index (κ3) is 5.16. The van der Waals surface area contributed by atoms with Crippen molar-refractivity contribution >= 4 is 17.7 Å². The van der Waals surface area contributed by atoms with Gasteiger partial charge in [0.25, 0.3) is 5.91 Å². The Balaban J connectivity index is 2.57. The lowest BCUT2D eigenvalue weighted by Gasteiger charge is -2.17. The highest BCUT2D eigenvalue weighted by molar-refractivity contribution is 7.98. The number of hydrogen-bond acceptors (Lipinski definition) is 5. The van der Waals surface area contributed by atoms with E-state index >= 15 is 0 Å². The maximum atomic E-state index is 11.3. The lowest BCUT2D eigenvalue weighted by molar-refractivity contribution is 0.0948. The Morgan fingerprint density at radius 1 is 1.53 bits per heavy atom. The summed E-state index contributed by atoms with van der Waals surface area (Å²) < 4.78 is 0. The SMILES string of the molecule is CC(C)(N)CSCc1cccc(C(=O)NN)n1. The van der Waals surface area contributed by atoms with E-state index in [-0.39, 0.29) is 11.4 Å². The molecular weight excluding hydrogens is 236 g/mol. The van der Waals surface area contributed by atoms with E-state index in [0.717, 1.165) is 17.2 Å². The third-order valence-corrected chi connectivity index (χ3v) is 3.34. The van der Waals surface area contributed by atoms with Crippen LogP contribution in [-0.2, 0) is 5.75 Å². The van der Waals surface area contributed by atoms with E-state index < -0.39 is 0 Å². The second-order valence-electron chi connectivity index (χ2n) is 4.47. The average molecular weight is 254 g/mol. The first-order chi connectivity index (χ1) is 7.92. The van der Waals surface area contributed by atoms with Gasteiger partial charge in [-0.2, -0.15) is 11.8 Å². The van der Waals surface area contributed by atoms with E-state index in [4.69, 9.17) is 11.6 Å². The minimum absolute atomic E-state index is 0.198. The van der Waals surface area contributed by atoms with Gasteiger partial charge in [-0.15, -0.1) is 0 Å². The summed E-state index contributed by atoms with van der Waals surface area (Å²) in [7, 11) is 0. The Labute approximate surface area is 105 Å². The van der Waals surface area contributed by atoms with Crippen LogP contribution in [0.1, 0.15) is 30.0 Å². The second-order valence-corrected chi connectivity index (χ2v) is 5.45. The molecule has 0 radical (unpaired) electrons. The third-order valence-electron chi connectivity index (χ3n) is 1.89. The van der Waals surface area contributed by atoms with Crippen LogP contribution in [0.4, 0.5) is 0 Å². The van der Waals surface area contributed by atoms with Crippen LogP contribution in [0.5, 0.6) is 0 Å². The van der Waals surface area contributed by atoms with Crippen LogP contribution in [0, 0.1) is 0 Å². The van der Waals surface area contributed by atoms with Crippen LogP contribution >= 0.6 is 11.8 Å². The molecule has 0 saturated heterocycles. The summed E-state index contributed by atoms with van der Waals surface area (Å²) in [4.78, 5) is 15.5. The van der Waals surface area contributed by atoms with Crippen LogP contribution in [0.2, 0.25) is 0 Å². The number of nitrogens with one attached hydrogen (secondary N) is 1. The molecule has 1 aromatic heterocycles. The smallest absolute Gasteiger partial charge is 0.283 e. The van der Waals surface area contributed by atoms with E-state index in [9.17, 15) is 4.79 Å². The first-order valence-corrected chi connectivity index (χ1v) is 6.41. The number of pyridine rings is 1. The second kappa shape index (κ2) is 6.00. The van der Waals surface area contributed by atoms with Crippen LogP contribution in [0.15, 0.2) is 18.2 Å². The summed E-state index contributed by atoms with van der Waals surface area (Å²) in [5, 5.41) is 0. The van der Waals surface area contributed by atoms with Crippen molar-refractivity contribution in [3.8, 4) is 0 Å². The first-order valence-electron chi connectivity index (χ1n) is 5.26. The molecule has 94 valence electrons. The molecule has 0 bridgehead atoms. The number of hydrogen-bond donors (Lipinski definition) is 3. The monoisotopic (exact) mass is 254 g/mol. The van der Waals surface area contributed by atoms with E-state index in [1.165, 1.54) is 0 Å². The van der Waals surface area contributed by atoms with E-state index in [1.54, 1.807) is 23.9 Å². The van der Waals surface area contributed by atoms with Gasteiger partial charge in [-0.25, -0.2) is 10.8 Å². The Morgan fingerprint density at radius 2 is 2.24 bits per heavy atom. The molecular formula is C11H18N4OS. The Hall–Kier alpha value is -1.11. The fourth-order valence-corrected chi connectivity index (χ4v) is 2.18. The van der Waals surface area contributed by atoms with Gasteiger partial charge in [-0.3, -0.25) is 10.2 Å². The fraction of sp³-hybridized carbons (Fsp3) is 0.455. The number of nitrogens with two attached hydrogens (primary N) is 2. The molecule has 6 heteroatoms. The largest absolute Gasteiger partial charge is 0.325 e. The summed E-state index contributed by atoms with van der Waals surface area (Å²) in [6.07, 6.45) is 0. The van der Waals surface area contributed by atoms with Crippen LogP contribution < -0.4 is 17.0 Å². The molecule has 0 fully saturated rings. The zero-order chi connectivity index (χ0) is 12.9. The van der Waals surface area contributed by atoms with Gasteiger partial charge in [0, 0.05) is 17.0 Å². The van der Waals surface area contributed by atoms with Crippen molar-refractivity contribution in [1.82, 2.24) is 10.4 Å². The van der Waals surface area contributed by atoms with Crippen molar-refractivity contribution in [2.24, 2.45) is 11.6 Å². The minimum atomic E-state index is -0.379. The topological polar surface area (TPSA) is 94.0 Å². The van der Waals surface area contributed by atoms with Gasteiger partial charge in [0.2, 0.25) is 0 Å². The van der Waals surface area contributed by atoms with E-state index in [2.05, 4.69) is 10.4 Å². The summed E-state index contributed by atoms with van der Waals surface area (Å²) >= 11 is 1.69. The molecule has 0 aliphatic rings. The molecule has 0 saturated carbocycles. The molecule has 17 heavy (non-hydrogen) atoms. The number of rotatable bonds is 5. The van der Waals surface area contributed by atoms with Crippen LogP contribution in [0.3, 0.4) is 0 Å². The van der Waals surface area contributed by atoms with Gasteiger partial charge in [0.15, 0.2) is 0 Å². The van der Waals surface area contributed by atoms with Gasteiger partial charge in [-0.1, -0.05) is 6.07 Å². The molecule has 0 atom stereocenters. The predicted octanol–water partition coefficient (Wildman–Crippen LogP) is 0.656. The van der Waals surface area contributed by atoms with Gasteiger partial charge >= 0.3 is 0 Å². The highest BCUT2D eigenvalue weighted by atomic mass is 32.2. The van der Waals surface area contributed by atoms with Crippen molar-refractivity contribution in [1.29, 1.82) is 0 Å². The molecule has 1 aromatic rings. The zero-order valence-corrected chi connectivity index (χ0v) is 10.9. The Morgan fingerprint density at radius 3 is 2.82 bits per heavy atom. The Kier molecular flexibility index (Phi) is 4.92. The van der Waals surface area contributed by atoms with Crippen LogP contribution in [0.25, 0.3) is 0 Å². The number of aromatic nitrogens is 1. The van der Waals surface area contributed by atoms with E-state index in [0.29, 0.717) is 5.69 Å². The highest BCUT2D eigenvalue weighted by Gasteiger charge is 2.11. The Bertz CT molecular complexity index is 389. The summed E-state index contributed by atoms with van der Waals surface area (Å²) in [6, 6.07) is 5.30. The number of nitrogen functional groups attached to an aromatic ring is 1.